The molecule has 0 spiro atoms. The summed E-state index contributed by atoms with van der Waals surface area (Å²) in [5.41, 5.74) is 2.47. The minimum Gasteiger partial charge on any atom is -0.481 e. The fourth-order valence-electron chi connectivity index (χ4n) is 3.11. The second-order valence-corrected chi connectivity index (χ2v) is 6.24. The lowest BCUT2D eigenvalue weighted by Gasteiger charge is -2.21. The molecule has 0 aliphatic carbocycles. The molecule has 1 N–H and O–H groups in total. The van der Waals surface area contributed by atoms with Crippen LogP contribution in [-0.4, -0.2) is 46.5 Å². The third-order valence-corrected chi connectivity index (χ3v) is 4.50. The van der Waals surface area contributed by atoms with E-state index >= 15 is 0 Å². The number of carbonyl (C=O) groups is 1. The molecule has 1 aliphatic heterocycles. The van der Waals surface area contributed by atoms with Crippen LogP contribution >= 0.6 is 0 Å². The maximum absolute atomic E-state index is 12.3. The van der Waals surface area contributed by atoms with Crippen molar-refractivity contribution in [1.82, 2.24) is 25.2 Å². The first kappa shape index (κ1) is 17.3. The normalized spacial score (nSPS) is 17.5. The minimum absolute atomic E-state index is 0.179. The molecule has 0 bridgehead atoms. The number of likely N-dealkylation sites (tertiary alicyclic amines) is 1. The van der Waals surface area contributed by atoms with Crippen molar-refractivity contribution >= 4 is 5.91 Å². The number of hydrogen-bond donors (Lipinski definition) is 1. The topological polar surface area (TPSA) is 80.2 Å². The summed E-state index contributed by atoms with van der Waals surface area (Å²) >= 11 is 0. The molecule has 2 aromatic heterocycles. The van der Waals surface area contributed by atoms with Crippen LogP contribution in [0, 0.1) is 6.92 Å². The van der Waals surface area contributed by atoms with E-state index < -0.39 is 0 Å². The van der Waals surface area contributed by atoms with E-state index in [4.69, 9.17) is 4.74 Å². The first-order valence-electron chi connectivity index (χ1n) is 8.39. The van der Waals surface area contributed by atoms with Gasteiger partial charge in [-0.3, -0.25) is 9.69 Å². The summed E-state index contributed by atoms with van der Waals surface area (Å²) in [5, 5.41) is 2.93. The number of nitrogens with zero attached hydrogens (tertiary/aromatic N) is 4. The molecule has 7 nitrogen and oxygen atoms in total. The van der Waals surface area contributed by atoms with Crippen molar-refractivity contribution in [3.8, 4) is 5.88 Å². The van der Waals surface area contributed by atoms with Gasteiger partial charge in [0.25, 0.3) is 5.91 Å². The van der Waals surface area contributed by atoms with Gasteiger partial charge < -0.3 is 10.1 Å². The molecule has 1 unspecified atom stereocenters. The Labute approximate surface area is 147 Å². The van der Waals surface area contributed by atoms with Crippen LogP contribution in [0.25, 0.3) is 0 Å². The lowest BCUT2D eigenvalue weighted by Crippen LogP contribution is -2.26. The summed E-state index contributed by atoms with van der Waals surface area (Å²) < 4.78 is 5.01. The summed E-state index contributed by atoms with van der Waals surface area (Å²) in [7, 11) is 3.65. The Bertz CT molecular complexity index is 748. The van der Waals surface area contributed by atoms with Gasteiger partial charge in [0, 0.05) is 30.6 Å². The first-order chi connectivity index (χ1) is 12.1. The highest BCUT2D eigenvalue weighted by molar-refractivity contribution is 5.93. The van der Waals surface area contributed by atoms with Gasteiger partial charge in [-0.1, -0.05) is 0 Å². The highest BCUT2D eigenvalue weighted by Crippen LogP contribution is 2.31. The van der Waals surface area contributed by atoms with E-state index in [1.807, 2.05) is 13.1 Å². The largest absolute Gasteiger partial charge is 0.481 e. The van der Waals surface area contributed by atoms with Crippen LogP contribution in [-0.2, 0) is 6.54 Å². The zero-order valence-electron chi connectivity index (χ0n) is 14.8. The van der Waals surface area contributed by atoms with Crippen LogP contribution in [0.1, 0.15) is 46.3 Å². The van der Waals surface area contributed by atoms with Crippen molar-refractivity contribution in [3.05, 3.63) is 47.2 Å². The molecular formula is C18H23N5O2. The maximum atomic E-state index is 12.3. The lowest BCUT2D eigenvalue weighted by atomic mass is 10.1. The number of carbonyl (C=O) groups excluding carboxylic acids is 1. The second-order valence-electron chi connectivity index (χ2n) is 6.24. The molecule has 2 aromatic rings. The van der Waals surface area contributed by atoms with Crippen LogP contribution in [0.15, 0.2) is 24.5 Å². The monoisotopic (exact) mass is 341 g/mol. The first-order valence-corrected chi connectivity index (χ1v) is 8.39. The molecule has 1 amide bonds. The van der Waals surface area contributed by atoms with Gasteiger partial charge in [-0.25, -0.2) is 15.0 Å². The molecule has 7 heteroatoms. The quantitative estimate of drug-likeness (QED) is 0.894. The van der Waals surface area contributed by atoms with Crippen LogP contribution < -0.4 is 10.1 Å². The number of hydrogen-bond acceptors (Lipinski definition) is 6. The van der Waals surface area contributed by atoms with Gasteiger partial charge in [0.1, 0.15) is 5.82 Å². The van der Waals surface area contributed by atoms with Crippen LogP contribution in [0.3, 0.4) is 0 Å². The Balaban J connectivity index is 1.73. The molecule has 3 rings (SSSR count). The Kier molecular flexibility index (Phi) is 5.23. The predicted molar refractivity (Wildman–Crippen MR) is 93.3 cm³/mol. The molecule has 1 saturated heterocycles. The Hall–Kier alpha value is -2.54. The minimum atomic E-state index is -0.179. The maximum Gasteiger partial charge on any atom is 0.253 e. The smallest absolute Gasteiger partial charge is 0.253 e. The number of ether oxygens (including phenoxy) is 1. The number of aryl methyl sites for hydroxylation is 1. The highest BCUT2D eigenvalue weighted by Gasteiger charge is 2.26. The SMILES string of the molecule is COc1ccc(C(=O)NCc2cnc(C)nc2C2CCCN2C)cn1. The standard InChI is InChI=1S/C18H23N5O2/c1-12-19-10-14(17(22-12)15-5-4-8-23(15)2)11-21-18(24)13-6-7-16(25-3)20-9-13/h6-7,9-10,15H,4-5,8,11H2,1-3H3,(H,21,24). The average Bonchev–Trinajstić information content (AvgIpc) is 3.06. The molecule has 0 saturated carbocycles. The number of rotatable bonds is 5. The van der Waals surface area contributed by atoms with Crippen molar-refractivity contribution < 1.29 is 9.53 Å². The molecular weight excluding hydrogens is 318 g/mol. The Morgan fingerprint density at radius 2 is 2.20 bits per heavy atom. The van der Waals surface area contributed by atoms with Crippen molar-refractivity contribution in [2.24, 2.45) is 0 Å². The van der Waals surface area contributed by atoms with Crippen molar-refractivity contribution in [3.63, 3.8) is 0 Å². The molecule has 132 valence electrons. The summed E-state index contributed by atoms with van der Waals surface area (Å²) in [6, 6.07) is 3.65. The number of pyridine rings is 1. The molecule has 1 fully saturated rings. The third kappa shape index (κ3) is 3.93. The molecule has 0 radical (unpaired) electrons. The van der Waals surface area contributed by atoms with Gasteiger partial charge in [0.05, 0.1) is 24.4 Å². The highest BCUT2D eigenvalue weighted by atomic mass is 16.5. The van der Waals surface area contributed by atoms with Gasteiger partial charge in [0.15, 0.2) is 0 Å². The third-order valence-electron chi connectivity index (χ3n) is 4.50. The molecule has 0 aromatic carbocycles. The fraction of sp³-hybridized carbons (Fsp3) is 0.444. The summed E-state index contributed by atoms with van der Waals surface area (Å²) in [6.45, 7) is 3.35. The number of amides is 1. The number of nitrogens with one attached hydrogen (secondary N) is 1. The van der Waals surface area contributed by atoms with Crippen LogP contribution in [0.5, 0.6) is 5.88 Å². The summed E-state index contributed by atoms with van der Waals surface area (Å²) in [5.74, 6) is 1.06. The van der Waals surface area contributed by atoms with E-state index in [0.717, 1.165) is 36.5 Å². The number of aromatic nitrogens is 3. The van der Waals surface area contributed by atoms with Crippen LogP contribution in [0.4, 0.5) is 0 Å². The van der Waals surface area contributed by atoms with E-state index in [2.05, 4.69) is 32.2 Å². The predicted octanol–water partition coefficient (Wildman–Crippen LogP) is 1.89. The van der Waals surface area contributed by atoms with Gasteiger partial charge in [-0.15, -0.1) is 0 Å². The zero-order chi connectivity index (χ0) is 17.8. The zero-order valence-corrected chi connectivity index (χ0v) is 14.8. The van der Waals surface area contributed by atoms with Crippen molar-refractivity contribution in [2.75, 3.05) is 20.7 Å². The van der Waals surface area contributed by atoms with Gasteiger partial charge in [-0.2, -0.15) is 0 Å². The molecule has 1 aliphatic rings. The number of methoxy groups -OCH3 is 1. The van der Waals surface area contributed by atoms with Crippen LogP contribution in [0.2, 0.25) is 0 Å². The van der Waals surface area contributed by atoms with E-state index in [0.29, 0.717) is 18.0 Å². The second kappa shape index (κ2) is 7.57. The summed E-state index contributed by atoms with van der Waals surface area (Å²) in [6.07, 6.45) is 5.56. The van der Waals surface area contributed by atoms with Gasteiger partial charge >= 0.3 is 0 Å². The van der Waals surface area contributed by atoms with Gasteiger partial charge in [0.2, 0.25) is 5.88 Å². The van der Waals surface area contributed by atoms with E-state index in [1.165, 1.54) is 6.20 Å². The average molecular weight is 341 g/mol. The summed E-state index contributed by atoms with van der Waals surface area (Å²) in [4.78, 5) is 27.7. The van der Waals surface area contributed by atoms with Crippen molar-refractivity contribution in [1.29, 1.82) is 0 Å². The molecule has 1 atom stereocenters. The Morgan fingerprint density at radius 1 is 1.36 bits per heavy atom. The van der Waals surface area contributed by atoms with E-state index in [9.17, 15) is 4.79 Å². The van der Waals surface area contributed by atoms with Gasteiger partial charge in [-0.05, 0) is 39.4 Å². The van der Waals surface area contributed by atoms with E-state index in [-0.39, 0.29) is 11.9 Å². The Morgan fingerprint density at radius 3 is 2.84 bits per heavy atom. The molecule has 25 heavy (non-hydrogen) atoms. The fourth-order valence-corrected chi connectivity index (χ4v) is 3.11. The molecule has 3 heterocycles. The lowest BCUT2D eigenvalue weighted by molar-refractivity contribution is 0.0950. The van der Waals surface area contributed by atoms with Crippen molar-refractivity contribution in [2.45, 2.75) is 32.4 Å². The van der Waals surface area contributed by atoms with E-state index in [1.54, 1.807) is 19.2 Å².